The van der Waals surface area contributed by atoms with Crippen molar-refractivity contribution in [3.05, 3.63) is 25.3 Å². The summed E-state index contributed by atoms with van der Waals surface area (Å²) in [6.07, 6.45) is 7.89. The van der Waals surface area contributed by atoms with Crippen LogP contribution in [-0.4, -0.2) is 41.3 Å². The predicted molar refractivity (Wildman–Crippen MR) is 89.8 cm³/mol. The molecule has 22 heavy (non-hydrogen) atoms. The fourth-order valence-electron chi connectivity index (χ4n) is 3.66. The van der Waals surface area contributed by atoms with Gasteiger partial charge in [0.1, 0.15) is 5.60 Å². The number of rotatable bonds is 5. The van der Waals surface area contributed by atoms with E-state index in [4.69, 9.17) is 4.74 Å². The lowest BCUT2D eigenvalue weighted by Gasteiger charge is -2.43. The average Bonchev–Trinajstić information content (AvgIpc) is 2.74. The first-order chi connectivity index (χ1) is 10.4. The van der Waals surface area contributed by atoms with E-state index >= 15 is 0 Å². The number of fused-ring (bicyclic) bond motifs is 2. The summed E-state index contributed by atoms with van der Waals surface area (Å²) < 4.78 is 5.62. The molecule has 2 bridgehead atoms. The van der Waals surface area contributed by atoms with Gasteiger partial charge in [-0.1, -0.05) is 12.2 Å². The van der Waals surface area contributed by atoms with E-state index in [1.807, 2.05) is 37.8 Å². The van der Waals surface area contributed by atoms with Crippen molar-refractivity contribution in [3.63, 3.8) is 0 Å². The van der Waals surface area contributed by atoms with Gasteiger partial charge in [-0.25, -0.2) is 4.79 Å². The second kappa shape index (κ2) is 6.86. The van der Waals surface area contributed by atoms with E-state index < -0.39 is 5.60 Å². The van der Waals surface area contributed by atoms with Gasteiger partial charge in [-0.15, -0.1) is 13.2 Å². The number of nitrogens with one attached hydrogen (secondary N) is 1. The van der Waals surface area contributed by atoms with Crippen LogP contribution in [0.1, 0.15) is 46.5 Å². The zero-order valence-electron chi connectivity index (χ0n) is 14.2. The maximum atomic E-state index is 12.6. The molecular formula is C18H30N2O2. The number of ether oxygens (including phenoxy) is 1. The molecule has 4 atom stereocenters. The predicted octanol–water partition coefficient (Wildman–Crippen LogP) is 3.49. The molecule has 0 saturated carbocycles. The maximum Gasteiger partial charge on any atom is 0.410 e. The molecule has 124 valence electrons. The Labute approximate surface area is 134 Å². The smallest absolute Gasteiger partial charge is 0.410 e. The van der Waals surface area contributed by atoms with Crippen molar-refractivity contribution in [1.82, 2.24) is 10.2 Å². The topological polar surface area (TPSA) is 41.6 Å². The number of piperazine rings is 1. The first-order valence-corrected chi connectivity index (χ1v) is 8.35. The lowest BCUT2D eigenvalue weighted by molar-refractivity contribution is 0.00133. The minimum atomic E-state index is -0.447. The van der Waals surface area contributed by atoms with Crippen LogP contribution in [0.4, 0.5) is 4.79 Å². The van der Waals surface area contributed by atoms with Crippen molar-refractivity contribution in [1.29, 1.82) is 0 Å². The van der Waals surface area contributed by atoms with Gasteiger partial charge in [0.25, 0.3) is 0 Å². The first kappa shape index (κ1) is 17.1. The molecule has 0 aliphatic carbocycles. The van der Waals surface area contributed by atoms with Crippen LogP contribution in [0.25, 0.3) is 0 Å². The Morgan fingerprint density at radius 2 is 2.14 bits per heavy atom. The monoisotopic (exact) mass is 306 g/mol. The normalized spacial score (nSPS) is 29.0. The molecule has 0 aromatic rings. The highest BCUT2D eigenvalue weighted by Crippen LogP contribution is 2.35. The Morgan fingerprint density at radius 1 is 1.41 bits per heavy atom. The highest BCUT2D eigenvalue weighted by Gasteiger charge is 2.47. The highest BCUT2D eigenvalue weighted by atomic mass is 16.6. The highest BCUT2D eigenvalue weighted by molar-refractivity contribution is 5.70. The molecule has 0 unspecified atom stereocenters. The molecule has 1 N–H and O–H groups in total. The van der Waals surface area contributed by atoms with Crippen molar-refractivity contribution in [2.75, 3.05) is 6.54 Å². The van der Waals surface area contributed by atoms with Crippen molar-refractivity contribution >= 4 is 6.09 Å². The molecular weight excluding hydrogens is 276 g/mol. The third kappa shape index (κ3) is 3.72. The van der Waals surface area contributed by atoms with Gasteiger partial charge in [0.2, 0.25) is 0 Å². The molecule has 1 amide bonds. The van der Waals surface area contributed by atoms with Gasteiger partial charge in [0.15, 0.2) is 0 Å². The van der Waals surface area contributed by atoms with E-state index in [9.17, 15) is 4.79 Å². The van der Waals surface area contributed by atoms with Crippen LogP contribution in [0.2, 0.25) is 0 Å². The van der Waals surface area contributed by atoms with Crippen LogP contribution in [0.3, 0.4) is 0 Å². The molecule has 2 saturated heterocycles. The number of hydrogen-bond acceptors (Lipinski definition) is 3. The number of hydrogen-bond donors (Lipinski definition) is 1. The standard InChI is InChI=1S/C18H30N2O2/c1-6-8-9-13(7-2)16-15-11-10-14(12-19-16)20(15)17(21)22-18(3,4)5/h6-7,13-16,19H,1-2,8-12H2,3-5H3/t13-,14-,15+,16+/m1/s1. The van der Waals surface area contributed by atoms with E-state index in [-0.39, 0.29) is 24.2 Å². The number of allylic oxidation sites excluding steroid dienone is 1. The molecule has 0 aromatic carbocycles. The summed E-state index contributed by atoms with van der Waals surface area (Å²) in [7, 11) is 0. The zero-order valence-corrected chi connectivity index (χ0v) is 14.2. The van der Waals surface area contributed by atoms with E-state index in [0.717, 1.165) is 32.2 Å². The summed E-state index contributed by atoms with van der Waals surface area (Å²) in [6.45, 7) is 14.4. The summed E-state index contributed by atoms with van der Waals surface area (Å²) >= 11 is 0. The Bertz CT molecular complexity index is 427. The number of carbonyl (C=O) groups excluding carboxylic acids is 1. The molecule has 4 heteroatoms. The molecule has 4 nitrogen and oxygen atoms in total. The number of amides is 1. The van der Waals surface area contributed by atoms with Gasteiger partial charge in [-0.3, -0.25) is 4.90 Å². The minimum absolute atomic E-state index is 0.168. The van der Waals surface area contributed by atoms with Gasteiger partial charge >= 0.3 is 6.09 Å². The maximum absolute atomic E-state index is 12.6. The molecule has 0 spiro atoms. The van der Waals surface area contributed by atoms with Crippen LogP contribution >= 0.6 is 0 Å². The third-order valence-corrected chi connectivity index (χ3v) is 4.62. The third-order valence-electron chi connectivity index (χ3n) is 4.62. The lowest BCUT2D eigenvalue weighted by Crippen LogP contribution is -2.62. The van der Waals surface area contributed by atoms with Crippen molar-refractivity contribution in [2.45, 2.75) is 70.2 Å². The molecule has 2 aliphatic rings. The summed E-state index contributed by atoms with van der Waals surface area (Å²) in [6, 6.07) is 0.742. The van der Waals surface area contributed by atoms with Crippen LogP contribution in [0.15, 0.2) is 25.3 Å². The van der Waals surface area contributed by atoms with Gasteiger partial charge in [-0.2, -0.15) is 0 Å². The van der Waals surface area contributed by atoms with Crippen molar-refractivity contribution in [2.24, 2.45) is 5.92 Å². The Balaban J connectivity index is 2.11. The summed E-state index contributed by atoms with van der Waals surface area (Å²) in [5.41, 5.74) is -0.447. The summed E-state index contributed by atoms with van der Waals surface area (Å²) in [5, 5.41) is 3.63. The van der Waals surface area contributed by atoms with Crippen LogP contribution in [0, 0.1) is 5.92 Å². The quantitative estimate of drug-likeness (QED) is 0.791. The Morgan fingerprint density at radius 3 is 2.73 bits per heavy atom. The van der Waals surface area contributed by atoms with E-state index in [2.05, 4.69) is 18.5 Å². The number of carbonyl (C=O) groups is 1. The van der Waals surface area contributed by atoms with E-state index in [1.165, 1.54) is 0 Å². The van der Waals surface area contributed by atoms with Crippen LogP contribution in [0.5, 0.6) is 0 Å². The van der Waals surface area contributed by atoms with E-state index in [1.54, 1.807) is 0 Å². The van der Waals surface area contributed by atoms with Gasteiger partial charge in [0, 0.05) is 18.6 Å². The zero-order chi connectivity index (χ0) is 16.3. The largest absolute Gasteiger partial charge is 0.444 e. The van der Waals surface area contributed by atoms with Crippen LogP contribution < -0.4 is 5.32 Å². The Kier molecular flexibility index (Phi) is 5.32. The fraction of sp³-hybridized carbons (Fsp3) is 0.722. The second-order valence-electron chi connectivity index (χ2n) is 7.39. The van der Waals surface area contributed by atoms with Gasteiger partial charge in [-0.05, 0) is 52.4 Å². The molecule has 2 aliphatic heterocycles. The molecule has 0 radical (unpaired) electrons. The van der Waals surface area contributed by atoms with Crippen LogP contribution in [-0.2, 0) is 4.74 Å². The van der Waals surface area contributed by atoms with Gasteiger partial charge in [0.05, 0.1) is 6.04 Å². The fourth-order valence-corrected chi connectivity index (χ4v) is 3.66. The summed E-state index contributed by atoms with van der Waals surface area (Å²) in [4.78, 5) is 14.6. The molecule has 0 aromatic heterocycles. The number of nitrogens with zero attached hydrogens (tertiary/aromatic N) is 1. The SMILES string of the molecule is C=CCC[C@@H](C=C)[C@@H]1NC[C@H]2CC[C@@H]1N2C(=O)OC(C)(C)C. The molecule has 2 heterocycles. The van der Waals surface area contributed by atoms with Crippen molar-refractivity contribution in [3.8, 4) is 0 Å². The molecule has 2 fully saturated rings. The van der Waals surface area contributed by atoms with E-state index in [0.29, 0.717) is 5.92 Å². The van der Waals surface area contributed by atoms with Crippen molar-refractivity contribution < 1.29 is 9.53 Å². The van der Waals surface area contributed by atoms with Gasteiger partial charge < -0.3 is 10.1 Å². The first-order valence-electron chi connectivity index (χ1n) is 8.35. The Hall–Kier alpha value is -1.29. The lowest BCUT2D eigenvalue weighted by atomic mass is 9.87. The minimum Gasteiger partial charge on any atom is -0.444 e. The summed E-state index contributed by atoms with van der Waals surface area (Å²) in [5.74, 6) is 0.354. The molecule has 2 rings (SSSR count). The second-order valence-corrected chi connectivity index (χ2v) is 7.39. The average molecular weight is 306 g/mol.